The van der Waals surface area contributed by atoms with E-state index in [9.17, 15) is 36.2 Å². The summed E-state index contributed by atoms with van der Waals surface area (Å²) in [7, 11) is 0. The van der Waals surface area contributed by atoms with Gasteiger partial charge in [-0.15, -0.1) is 0 Å². The number of hydrogen-bond donors (Lipinski definition) is 1. The van der Waals surface area contributed by atoms with Gasteiger partial charge in [0.2, 0.25) is 0 Å². The van der Waals surface area contributed by atoms with Crippen molar-refractivity contribution in [3.63, 3.8) is 0 Å². The predicted molar refractivity (Wildman–Crippen MR) is 100 cm³/mol. The highest BCUT2D eigenvalue weighted by Gasteiger charge is 2.38. The van der Waals surface area contributed by atoms with Gasteiger partial charge < -0.3 is 10.0 Å². The predicted octanol–water partition coefficient (Wildman–Crippen LogP) is 5.79. The third-order valence-electron chi connectivity index (χ3n) is 4.46. The second kappa shape index (κ2) is 9.51. The van der Waals surface area contributed by atoms with Gasteiger partial charge in [0.05, 0.1) is 5.56 Å². The van der Waals surface area contributed by atoms with Crippen molar-refractivity contribution < 1.29 is 36.2 Å². The normalized spacial score (nSPS) is 13.2. The molecule has 164 valence electrons. The Morgan fingerprint density at radius 3 is 2.20 bits per heavy atom. The van der Waals surface area contributed by atoms with Gasteiger partial charge in [0.25, 0.3) is 0 Å². The molecule has 0 aliphatic heterocycles. The molecule has 2 aromatic carbocycles. The summed E-state index contributed by atoms with van der Waals surface area (Å²) in [5, 5.41) is 10.3. The number of carbonyl (C=O) groups excluding carboxylic acids is 1. The van der Waals surface area contributed by atoms with Crippen LogP contribution in [-0.2, 0) is 6.18 Å². The van der Waals surface area contributed by atoms with Crippen molar-refractivity contribution in [2.75, 3.05) is 18.0 Å². The molecule has 2 aromatic rings. The third-order valence-corrected chi connectivity index (χ3v) is 4.46. The highest BCUT2D eigenvalue weighted by molar-refractivity contribution is 6.00. The molecule has 0 saturated carbocycles. The summed E-state index contributed by atoms with van der Waals surface area (Å²) in [4.78, 5) is 13.2. The van der Waals surface area contributed by atoms with E-state index in [0.717, 1.165) is 17.0 Å². The number of aliphatic hydroxyl groups excluding tert-OH is 1. The Hall–Kier alpha value is -2.55. The van der Waals surface area contributed by atoms with Crippen LogP contribution in [0.1, 0.15) is 47.4 Å². The maximum Gasteiger partial charge on any atom is 0.416 e. The summed E-state index contributed by atoms with van der Waals surface area (Å²) in [6.45, 7) is 0.259. The summed E-state index contributed by atoms with van der Waals surface area (Å²) < 4.78 is 79.7. The van der Waals surface area contributed by atoms with Crippen LogP contribution in [0.2, 0.25) is 0 Å². The van der Waals surface area contributed by atoms with E-state index >= 15 is 0 Å². The van der Waals surface area contributed by atoms with Crippen molar-refractivity contribution in [2.24, 2.45) is 0 Å². The summed E-state index contributed by atoms with van der Waals surface area (Å²) >= 11 is 0. The topological polar surface area (TPSA) is 40.5 Å². The van der Waals surface area contributed by atoms with Gasteiger partial charge in [0.15, 0.2) is 5.78 Å². The zero-order chi connectivity index (χ0) is 22.5. The minimum Gasteiger partial charge on any atom is -0.380 e. The highest BCUT2D eigenvalue weighted by atomic mass is 19.4. The standard InChI is InChI=1S/C21H21F6NO2/c1-2-3-11-28(13-20(22,23)24)15-9-10-16(17(12-15)21(25,26)27)19(30)18(29)14-7-5-4-6-8-14/h4-10,12,19,30H,2-3,11,13H2,1H3. The SMILES string of the molecule is CCCCN(CC(F)(F)F)c1ccc(C(O)C(=O)c2ccccc2)c(C(F)(F)F)c1. The number of rotatable bonds is 8. The largest absolute Gasteiger partial charge is 0.416 e. The second-order valence-corrected chi connectivity index (χ2v) is 6.79. The molecule has 0 aliphatic rings. The third kappa shape index (κ3) is 6.22. The van der Waals surface area contributed by atoms with Crippen molar-refractivity contribution in [3.8, 4) is 0 Å². The maximum atomic E-state index is 13.6. The lowest BCUT2D eigenvalue weighted by Crippen LogP contribution is -2.35. The Kier molecular flexibility index (Phi) is 7.52. The van der Waals surface area contributed by atoms with Crippen LogP contribution in [0.25, 0.3) is 0 Å². The number of nitrogens with zero attached hydrogens (tertiary/aromatic N) is 1. The van der Waals surface area contributed by atoms with Gasteiger partial charge in [-0.3, -0.25) is 4.79 Å². The maximum absolute atomic E-state index is 13.6. The molecule has 0 bridgehead atoms. The number of carbonyl (C=O) groups is 1. The van der Waals surface area contributed by atoms with Gasteiger partial charge in [-0.25, -0.2) is 0 Å². The fraction of sp³-hybridized carbons (Fsp3) is 0.381. The Balaban J connectivity index is 2.47. The molecule has 9 heteroatoms. The molecule has 0 amide bonds. The monoisotopic (exact) mass is 433 g/mol. The second-order valence-electron chi connectivity index (χ2n) is 6.79. The first-order valence-corrected chi connectivity index (χ1v) is 9.24. The fourth-order valence-electron chi connectivity index (χ4n) is 2.99. The lowest BCUT2D eigenvalue weighted by Gasteiger charge is -2.27. The number of anilines is 1. The molecule has 3 nitrogen and oxygen atoms in total. The number of alkyl halides is 6. The van der Waals surface area contributed by atoms with Crippen molar-refractivity contribution >= 4 is 11.5 Å². The molecule has 0 radical (unpaired) electrons. The first kappa shape index (κ1) is 23.7. The van der Waals surface area contributed by atoms with E-state index in [2.05, 4.69) is 0 Å². The Bertz CT molecular complexity index is 849. The van der Waals surface area contributed by atoms with Crippen LogP contribution >= 0.6 is 0 Å². The van der Waals surface area contributed by atoms with Crippen molar-refractivity contribution in [3.05, 3.63) is 65.2 Å². The lowest BCUT2D eigenvalue weighted by atomic mass is 9.95. The lowest BCUT2D eigenvalue weighted by molar-refractivity contribution is -0.138. The number of hydrogen-bond acceptors (Lipinski definition) is 3. The van der Waals surface area contributed by atoms with E-state index in [1.54, 1.807) is 13.0 Å². The van der Waals surface area contributed by atoms with Crippen LogP contribution in [0.15, 0.2) is 48.5 Å². The van der Waals surface area contributed by atoms with Crippen LogP contribution < -0.4 is 4.90 Å². The Morgan fingerprint density at radius 2 is 1.67 bits per heavy atom. The molecule has 1 N–H and O–H groups in total. The van der Waals surface area contributed by atoms with Gasteiger partial charge in [0, 0.05) is 23.4 Å². The highest BCUT2D eigenvalue weighted by Crippen LogP contribution is 2.38. The molecular weight excluding hydrogens is 412 g/mol. The van der Waals surface area contributed by atoms with Gasteiger partial charge in [-0.05, 0) is 18.6 Å². The minimum atomic E-state index is -4.97. The number of Topliss-reactive ketones (excluding diaryl/α,β-unsaturated/α-hetero) is 1. The van der Waals surface area contributed by atoms with E-state index in [1.807, 2.05) is 0 Å². The number of ketones is 1. The fourth-order valence-corrected chi connectivity index (χ4v) is 2.99. The average Bonchev–Trinajstić information content (AvgIpc) is 2.68. The minimum absolute atomic E-state index is 0.0174. The number of aliphatic hydroxyl groups is 1. The molecule has 0 aromatic heterocycles. The first-order valence-electron chi connectivity index (χ1n) is 9.24. The van der Waals surface area contributed by atoms with Gasteiger partial charge >= 0.3 is 12.4 Å². The van der Waals surface area contributed by atoms with Gasteiger partial charge in [0.1, 0.15) is 12.6 Å². The van der Waals surface area contributed by atoms with E-state index in [1.165, 1.54) is 24.3 Å². The van der Waals surface area contributed by atoms with E-state index in [4.69, 9.17) is 0 Å². The molecule has 0 saturated heterocycles. The average molecular weight is 433 g/mol. The molecule has 30 heavy (non-hydrogen) atoms. The zero-order valence-corrected chi connectivity index (χ0v) is 16.1. The Labute approximate surface area is 169 Å². The molecule has 0 aliphatic carbocycles. The van der Waals surface area contributed by atoms with Crippen LogP contribution in [0, 0.1) is 0 Å². The zero-order valence-electron chi connectivity index (χ0n) is 16.1. The smallest absolute Gasteiger partial charge is 0.380 e. The van der Waals surface area contributed by atoms with Crippen LogP contribution in [-0.4, -0.2) is 30.2 Å². The van der Waals surface area contributed by atoms with E-state index in [0.29, 0.717) is 18.9 Å². The molecule has 0 heterocycles. The molecule has 0 fully saturated rings. The number of halogens is 6. The molecule has 2 rings (SSSR count). The van der Waals surface area contributed by atoms with Gasteiger partial charge in [-0.2, -0.15) is 26.3 Å². The summed E-state index contributed by atoms with van der Waals surface area (Å²) in [5.41, 5.74) is -2.32. The van der Waals surface area contributed by atoms with Crippen LogP contribution in [0.5, 0.6) is 0 Å². The van der Waals surface area contributed by atoms with Gasteiger partial charge in [-0.1, -0.05) is 49.7 Å². The summed E-state index contributed by atoms with van der Waals surface area (Å²) in [6, 6.07) is 9.77. The van der Waals surface area contributed by atoms with E-state index < -0.39 is 41.9 Å². The van der Waals surface area contributed by atoms with Crippen molar-refractivity contribution in [2.45, 2.75) is 38.2 Å². The molecule has 0 spiro atoms. The van der Waals surface area contributed by atoms with Crippen LogP contribution in [0.3, 0.4) is 0 Å². The van der Waals surface area contributed by atoms with Crippen molar-refractivity contribution in [1.29, 1.82) is 0 Å². The quantitative estimate of drug-likeness (QED) is 0.423. The molecule has 1 atom stereocenters. The first-order chi connectivity index (χ1) is 13.9. The van der Waals surface area contributed by atoms with Crippen molar-refractivity contribution in [1.82, 2.24) is 0 Å². The molecular formula is C21H21F6NO2. The molecule has 1 unspecified atom stereocenters. The Morgan fingerprint density at radius 1 is 1.03 bits per heavy atom. The summed E-state index contributed by atoms with van der Waals surface area (Å²) in [5.74, 6) is -0.938. The number of benzene rings is 2. The number of unbranched alkanes of at least 4 members (excludes halogenated alkanes) is 1. The van der Waals surface area contributed by atoms with Crippen LogP contribution in [0.4, 0.5) is 32.0 Å². The summed E-state index contributed by atoms with van der Waals surface area (Å²) in [6.07, 6.45) is -10.8. The van der Waals surface area contributed by atoms with E-state index in [-0.39, 0.29) is 17.8 Å².